The number of aromatic nitrogens is 4. The predicted octanol–water partition coefficient (Wildman–Crippen LogP) is 7.03. The van der Waals surface area contributed by atoms with E-state index in [0.717, 1.165) is 27.8 Å². The topological polar surface area (TPSA) is 113 Å². The van der Waals surface area contributed by atoms with E-state index in [-0.39, 0.29) is 0 Å². The molecule has 1 aliphatic heterocycles. The second-order valence-electron chi connectivity index (χ2n) is 10.8. The number of methoxy groups -OCH3 is 1. The van der Waals surface area contributed by atoms with Gasteiger partial charge < -0.3 is 15.2 Å². The lowest BCUT2D eigenvalue weighted by molar-refractivity contribution is -0.158. The Bertz CT molecular complexity index is 1880. The van der Waals surface area contributed by atoms with Crippen LogP contribution in [0.4, 0.5) is 11.5 Å². The van der Waals surface area contributed by atoms with Crippen LogP contribution < -0.4 is 10.1 Å². The van der Waals surface area contributed by atoms with Crippen LogP contribution in [-0.4, -0.2) is 56.1 Å². The molecule has 1 fully saturated rings. The molecule has 5 aromatic rings. The zero-order chi connectivity index (χ0) is 30.3. The highest BCUT2D eigenvalue weighted by Crippen LogP contribution is 2.42. The fraction of sp³-hybridized carbons (Fsp3) is 0.219. The van der Waals surface area contributed by atoms with E-state index in [4.69, 9.17) is 32.9 Å². The minimum atomic E-state index is -0.783. The lowest BCUT2D eigenvalue weighted by Crippen LogP contribution is -2.58. The van der Waals surface area contributed by atoms with Crippen LogP contribution in [0.2, 0.25) is 10.0 Å². The molecule has 43 heavy (non-hydrogen) atoms. The first-order valence-electron chi connectivity index (χ1n) is 13.6. The number of rotatable bonds is 8. The van der Waals surface area contributed by atoms with Crippen molar-refractivity contribution in [3.63, 3.8) is 0 Å². The molecule has 3 aromatic heterocycles. The third-order valence-electron chi connectivity index (χ3n) is 7.57. The molecule has 1 saturated heterocycles. The SMILES string of the molecule is COc1nc(-c2cccc(-c3cccc(Nc4nc(C)nc5cccnc45)c3Cl)c2Cl)ccc1CN1CC(C)(C(=O)O)C1. The van der Waals surface area contributed by atoms with Gasteiger partial charge in [-0.05, 0) is 38.1 Å². The Hall–Kier alpha value is -4.31. The Balaban J connectivity index is 1.30. The average molecular weight is 616 g/mol. The molecule has 0 bridgehead atoms. The van der Waals surface area contributed by atoms with Gasteiger partial charge in [0.1, 0.15) is 11.3 Å². The summed E-state index contributed by atoms with van der Waals surface area (Å²) >= 11 is 14.0. The highest BCUT2D eigenvalue weighted by Gasteiger charge is 2.45. The van der Waals surface area contributed by atoms with E-state index in [1.807, 2.05) is 67.6 Å². The van der Waals surface area contributed by atoms with Crippen LogP contribution in [0.5, 0.6) is 5.88 Å². The molecular weight excluding hydrogens is 587 g/mol. The molecular formula is C32H28Cl2N6O3. The Morgan fingerprint density at radius 2 is 1.70 bits per heavy atom. The molecule has 218 valence electrons. The lowest BCUT2D eigenvalue weighted by Gasteiger charge is -2.45. The van der Waals surface area contributed by atoms with E-state index in [2.05, 4.69) is 25.2 Å². The summed E-state index contributed by atoms with van der Waals surface area (Å²) in [7, 11) is 1.57. The van der Waals surface area contributed by atoms with Crippen molar-refractivity contribution in [1.29, 1.82) is 0 Å². The number of halogens is 2. The van der Waals surface area contributed by atoms with Gasteiger partial charge >= 0.3 is 5.97 Å². The van der Waals surface area contributed by atoms with E-state index in [1.165, 1.54) is 0 Å². The fourth-order valence-electron chi connectivity index (χ4n) is 5.42. The van der Waals surface area contributed by atoms with Crippen molar-refractivity contribution in [2.24, 2.45) is 5.41 Å². The number of hydrogen-bond acceptors (Lipinski definition) is 8. The Morgan fingerprint density at radius 3 is 2.44 bits per heavy atom. The maximum atomic E-state index is 11.5. The first-order valence-corrected chi connectivity index (χ1v) is 14.4. The van der Waals surface area contributed by atoms with Crippen LogP contribution in [0.3, 0.4) is 0 Å². The predicted molar refractivity (Wildman–Crippen MR) is 168 cm³/mol. The van der Waals surface area contributed by atoms with Gasteiger partial charge in [0.25, 0.3) is 0 Å². The second kappa shape index (κ2) is 11.4. The first kappa shape index (κ1) is 28.8. The fourth-order valence-corrected chi connectivity index (χ4v) is 6.02. The lowest BCUT2D eigenvalue weighted by atomic mass is 9.82. The van der Waals surface area contributed by atoms with Crippen LogP contribution in [0.25, 0.3) is 33.4 Å². The number of nitrogens with one attached hydrogen (secondary N) is 1. The standard InChI is InChI=1S/C32H28Cl2N6O3/c1-18-36-25-11-6-14-35-28(25)29(37-18)38-24-10-5-8-21(27(24)34)20-7-4-9-22(26(20)33)23-13-12-19(30(39-23)43-3)15-40-16-32(2,17-40)31(41)42/h4-14H,15-17H2,1-3H3,(H,41,42)(H,36,37,38). The van der Waals surface area contributed by atoms with Crippen LogP contribution in [0, 0.1) is 12.3 Å². The van der Waals surface area contributed by atoms with Gasteiger partial charge in [-0.3, -0.25) is 14.7 Å². The number of carboxylic acid groups (broad SMARTS) is 1. The van der Waals surface area contributed by atoms with Gasteiger partial charge in [0.15, 0.2) is 5.82 Å². The summed E-state index contributed by atoms with van der Waals surface area (Å²) in [6, 6.07) is 19.0. The third-order valence-corrected chi connectivity index (χ3v) is 8.39. The van der Waals surface area contributed by atoms with E-state index in [0.29, 0.717) is 64.1 Å². The molecule has 1 aliphatic rings. The number of aliphatic carboxylic acids is 1. The molecule has 9 nitrogen and oxygen atoms in total. The largest absolute Gasteiger partial charge is 0.481 e. The van der Waals surface area contributed by atoms with Crippen LogP contribution in [0.1, 0.15) is 18.3 Å². The molecule has 6 rings (SSSR count). The number of benzene rings is 2. The number of pyridine rings is 2. The van der Waals surface area contributed by atoms with Gasteiger partial charge in [0.05, 0.1) is 39.5 Å². The van der Waals surface area contributed by atoms with Gasteiger partial charge in [-0.25, -0.2) is 15.0 Å². The highest BCUT2D eigenvalue weighted by atomic mass is 35.5. The number of carboxylic acids is 1. The molecule has 0 atom stereocenters. The normalized spacial score (nSPS) is 14.3. The number of carbonyl (C=O) groups is 1. The first-order chi connectivity index (χ1) is 20.7. The Morgan fingerprint density at radius 1 is 0.977 bits per heavy atom. The zero-order valence-corrected chi connectivity index (χ0v) is 25.2. The number of nitrogens with zero attached hydrogens (tertiary/aromatic N) is 5. The second-order valence-corrected chi connectivity index (χ2v) is 11.6. The zero-order valence-electron chi connectivity index (χ0n) is 23.7. The van der Waals surface area contributed by atoms with Crippen molar-refractivity contribution >= 4 is 51.7 Å². The molecule has 0 amide bonds. The number of aryl methyl sites for hydroxylation is 1. The summed E-state index contributed by atoms with van der Waals surface area (Å²) in [5.74, 6) is 0.857. The molecule has 0 aliphatic carbocycles. The summed E-state index contributed by atoms with van der Waals surface area (Å²) in [6.07, 6.45) is 1.70. The molecule has 2 N–H and O–H groups in total. The molecule has 0 radical (unpaired) electrons. The molecule has 0 unspecified atom stereocenters. The summed E-state index contributed by atoms with van der Waals surface area (Å²) in [4.78, 5) is 31.8. The minimum absolute atomic E-state index is 0.466. The van der Waals surface area contributed by atoms with Crippen molar-refractivity contribution in [2.75, 3.05) is 25.5 Å². The third kappa shape index (κ3) is 5.47. The Kier molecular flexibility index (Phi) is 7.64. The van der Waals surface area contributed by atoms with Gasteiger partial charge in [-0.2, -0.15) is 0 Å². The minimum Gasteiger partial charge on any atom is -0.481 e. The van der Waals surface area contributed by atoms with Crippen molar-refractivity contribution < 1.29 is 14.6 Å². The molecule has 0 spiro atoms. The maximum Gasteiger partial charge on any atom is 0.311 e. The number of anilines is 2. The van der Waals surface area contributed by atoms with Crippen LogP contribution >= 0.6 is 23.2 Å². The van der Waals surface area contributed by atoms with Crippen LogP contribution in [-0.2, 0) is 11.3 Å². The van der Waals surface area contributed by atoms with Crippen molar-refractivity contribution in [2.45, 2.75) is 20.4 Å². The summed E-state index contributed by atoms with van der Waals surface area (Å²) < 4.78 is 5.62. The van der Waals surface area contributed by atoms with Gasteiger partial charge in [0.2, 0.25) is 5.88 Å². The van der Waals surface area contributed by atoms with Gasteiger partial charge in [-0.1, -0.05) is 59.6 Å². The van der Waals surface area contributed by atoms with E-state index in [9.17, 15) is 9.90 Å². The monoisotopic (exact) mass is 614 g/mol. The van der Waals surface area contributed by atoms with E-state index < -0.39 is 11.4 Å². The maximum absolute atomic E-state index is 11.5. The quantitative estimate of drug-likeness (QED) is 0.190. The summed E-state index contributed by atoms with van der Waals surface area (Å²) in [6.45, 7) is 5.07. The van der Waals surface area contributed by atoms with Gasteiger partial charge in [-0.15, -0.1) is 0 Å². The summed E-state index contributed by atoms with van der Waals surface area (Å²) in [5, 5.41) is 13.7. The average Bonchev–Trinajstić information content (AvgIpc) is 2.97. The summed E-state index contributed by atoms with van der Waals surface area (Å²) in [5.41, 5.74) is 5.03. The molecule has 11 heteroatoms. The van der Waals surface area contributed by atoms with Crippen molar-refractivity contribution in [3.8, 4) is 28.3 Å². The Labute approximate surface area is 258 Å². The van der Waals surface area contributed by atoms with Crippen molar-refractivity contribution in [3.05, 3.63) is 88.3 Å². The number of likely N-dealkylation sites (tertiary alicyclic amines) is 1. The number of ether oxygens (including phenoxy) is 1. The number of fused-ring (bicyclic) bond motifs is 1. The van der Waals surface area contributed by atoms with Crippen LogP contribution in [0.15, 0.2) is 66.9 Å². The van der Waals surface area contributed by atoms with E-state index in [1.54, 1.807) is 20.2 Å². The molecule has 4 heterocycles. The highest BCUT2D eigenvalue weighted by molar-refractivity contribution is 6.39. The molecule has 2 aromatic carbocycles. The van der Waals surface area contributed by atoms with Gasteiger partial charge in [0, 0.05) is 48.1 Å². The van der Waals surface area contributed by atoms with E-state index >= 15 is 0 Å². The van der Waals surface area contributed by atoms with Crippen molar-refractivity contribution in [1.82, 2.24) is 24.8 Å². The number of hydrogen-bond donors (Lipinski definition) is 2. The smallest absolute Gasteiger partial charge is 0.311 e. The molecule has 0 saturated carbocycles.